The predicted octanol–water partition coefficient (Wildman–Crippen LogP) is 2.19. The van der Waals surface area contributed by atoms with Gasteiger partial charge in [0.25, 0.3) is 0 Å². The van der Waals surface area contributed by atoms with Gasteiger partial charge < -0.3 is 14.4 Å². The van der Waals surface area contributed by atoms with Crippen LogP contribution in [0.4, 0.5) is 5.82 Å². The Hall–Kier alpha value is -3.00. The van der Waals surface area contributed by atoms with E-state index in [0.29, 0.717) is 31.2 Å². The van der Waals surface area contributed by atoms with Gasteiger partial charge in [-0.15, -0.1) is 0 Å². The standard InChI is InChI=1S/C22H26N4O4/c1-14-17-11-19(27)26(12-15-6-8-16(30-3)9-7-15)22(17)24-21(23-14)18-5-4-10-25(18)20(28)13-29-2/h6-9,18H,4-5,10-13H2,1-3H3/t18-/m1/s1. The van der Waals surface area contributed by atoms with Crippen LogP contribution < -0.4 is 9.64 Å². The number of hydrogen-bond acceptors (Lipinski definition) is 6. The third-order valence-corrected chi connectivity index (χ3v) is 5.73. The van der Waals surface area contributed by atoms with Crippen LogP contribution in [-0.4, -0.2) is 54.1 Å². The normalized spacial score (nSPS) is 18.1. The van der Waals surface area contributed by atoms with E-state index >= 15 is 0 Å². The van der Waals surface area contributed by atoms with Crippen molar-refractivity contribution in [1.82, 2.24) is 14.9 Å². The van der Waals surface area contributed by atoms with Crippen molar-refractivity contribution in [3.63, 3.8) is 0 Å². The number of aromatic nitrogens is 2. The fourth-order valence-electron chi connectivity index (χ4n) is 4.16. The molecule has 0 bridgehead atoms. The van der Waals surface area contributed by atoms with Gasteiger partial charge in [-0.3, -0.25) is 14.5 Å². The first-order chi connectivity index (χ1) is 14.5. The van der Waals surface area contributed by atoms with Gasteiger partial charge in [0.15, 0.2) is 5.82 Å². The minimum Gasteiger partial charge on any atom is -0.497 e. The number of benzene rings is 1. The molecular formula is C22H26N4O4. The van der Waals surface area contributed by atoms with Gasteiger partial charge in [0.1, 0.15) is 18.2 Å². The number of anilines is 1. The molecule has 0 N–H and O–H groups in total. The smallest absolute Gasteiger partial charge is 0.249 e. The van der Waals surface area contributed by atoms with Gasteiger partial charge >= 0.3 is 0 Å². The van der Waals surface area contributed by atoms with Crippen molar-refractivity contribution in [2.45, 2.75) is 38.8 Å². The number of ether oxygens (including phenoxy) is 2. The third kappa shape index (κ3) is 3.75. The molecule has 30 heavy (non-hydrogen) atoms. The maximum atomic E-state index is 12.8. The molecule has 8 heteroatoms. The van der Waals surface area contributed by atoms with Crippen LogP contribution in [0.2, 0.25) is 0 Å². The molecular weight excluding hydrogens is 384 g/mol. The lowest BCUT2D eigenvalue weighted by molar-refractivity contribution is -0.136. The first-order valence-electron chi connectivity index (χ1n) is 10.1. The molecule has 2 aromatic rings. The van der Waals surface area contributed by atoms with E-state index in [9.17, 15) is 9.59 Å². The van der Waals surface area contributed by atoms with Gasteiger partial charge in [-0.25, -0.2) is 9.97 Å². The fraction of sp³-hybridized carbons (Fsp3) is 0.455. The lowest BCUT2D eigenvalue weighted by Crippen LogP contribution is -2.34. The van der Waals surface area contributed by atoms with Gasteiger partial charge in [-0.05, 0) is 37.5 Å². The van der Waals surface area contributed by atoms with E-state index in [4.69, 9.17) is 14.5 Å². The average molecular weight is 410 g/mol. The number of carbonyl (C=O) groups is 2. The average Bonchev–Trinajstić information content (AvgIpc) is 3.35. The highest BCUT2D eigenvalue weighted by Crippen LogP contribution is 2.35. The number of amides is 2. The molecule has 1 fully saturated rings. The maximum Gasteiger partial charge on any atom is 0.249 e. The molecule has 1 saturated heterocycles. The van der Waals surface area contributed by atoms with Gasteiger partial charge in [0.2, 0.25) is 11.8 Å². The summed E-state index contributed by atoms with van der Waals surface area (Å²) in [7, 11) is 3.14. The Morgan fingerprint density at radius 1 is 1.20 bits per heavy atom. The van der Waals surface area contributed by atoms with Crippen LogP contribution in [0.25, 0.3) is 0 Å². The summed E-state index contributed by atoms with van der Waals surface area (Å²) in [6.07, 6.45) is 2.00. The van der Waals surface area contributed by atoms with Gasteiger partial charge in [-0.2, -0.15) is 0 Å². The van der Waals surface area contributed by atoms with E-state index in [1.54, 1.807) is 16.9 Å². The Morgan fingerprint density at radius 3 is 2.67 bits per heavy atom. The van der Waals surface area contributed by atoms with Crippen molar-refractivity contribution in [3.8, 4) is 5.75 Å². The Labute approximate surface area is 175 Å². The van der Waals surface area contributed by atoms with Crippen LogP contribution in [0.1, 0.15) is 41.5 Å². The molecule has 0 saturated carbocycles. The summed E-state index contributed by atoms with van der Waals surface area (Å²) in [4.78, 5) is 38.1. The van der Waals surface area contributed by atoms with E-state index in [-0.39, 0.29) is 24.5 Å². The molecule has 2 aliphatic heterocycles. The molecule has 2 amide bonds. The number of rotatable bonds is 6. The summed E-state index contributed by atoms with van der Waals surface area (Å²) in [5, 5.41) is 0. The van der Waals surface area contributed by atoms with Crippen molar-refractivity contribution in [2.75, 3.05) is 32.3 Å². The highest BCUT2D eigenvalue weighted by molar-refractivity contribution is 6.00. The zero-order valence-corrected chi connectivity index (χ0v) is 17.6. The van der Waals surface area contributed by atoms with Gasteiger partial charge in [0, 0.05) is 24.9 Å². The van der Waals surface area contributed by atoms with Crippen LogP contribution >= 0.6 is 0 Å². The highest BCUT2D eigenvalue weighted by atomic mass is 16.5. The topological polar surface area (TPSA) is 84.9 Å². The van der Waals surface area contributed by atoms with Crippen molar-refractivity contribution >= 4 is 17.6 Å². The van der Waals surface area contributed by atoms with Gasteiger partial charge in [0.05, 0.1) is 26.1 Å². The molecule has 0 radical (unpaired) electrons. The third-order valence-electron chi connectivity index (χ3n) is 5.73. The van der Waals surface area contributed by atoms with Crippen LogP contribution in [0.5, 0.6) is 5.75 Å². The molecule has 0 aliphatic carbocycles. The van der Waals surface area contributed by atoms with E-state index in [1.807, 2.05) is 31.2 Å². The zero-order chi connectivity index (χ0) is 21.3. The zero-order valence-electron chi connectivity index (χ0n) is 17.6. The quantitative estimate of drug-likeness (QED) is 0.726. The number of nitrogens with zero attached hydrogens (tertiary/aromatic N) is 4. The van der Waals surface area contributed by atoms with E-state index < -0.39 is 0 Å². The first-order valence-corrected chi connectivity index (χ1v) is 10.1. The van der Waals surface area contributed by atoms with Crippen molar-refractivity contribution < 1.29 is 19.1 Å². The summed E-state index contributed by atoms with van der Waals surface area (Å²) in [5.41, 5.74) is 2.66. The molecule has 1 aromatic heterocycles. The number of methoxy groups -OCH3 is 2. The number of likely N-dealkylation sites (tertiary alicyclic amines) is 1. The molecule has 2 aliphatic rings. The van der Waals surface area contributed by atoms with Crippen molar-refractivity contribution in [2.24, 2.45) is 0 Å². The Balaban J connectivity index is 1.63. The Bertz CT molecular complexity index is 960. The lowest BCUT2D eigenvalue weighted by Gasteiger charge is -2.25. The SMILES string of the molecule is COCC(=O)N1CCC[C@@H]1c1nc(C)c2c(n1)N(Cc1ccc(OC)cc1)C(=O)C2. The molecule has 1 atom stereocenters. The summed E-state index contributed by atoms with van der Waals surface area (Å²) in [5.74, 6) is 1.98. The van der Waals surface area contributed by atoms with Gasteiger partial charge in [-0.1, -0.05) is 12.1 Å². The highest BCUT2D eigenvalue weighted by Gasteiger charge is 2.36. The molecule has 3 heterocycles. The number of carbonyl (C=O) groups excluding carboxylic acids is 2. The van der Waals surface area contributed by atoms with E-state index in [1.165, 1.54) is 7.11 Å². The van der Waals surface area contributed by atoms with Crippen molar-refractivity contribution in [3.05, 3.63) is 46.9 Å². The largest absolute Gasteiger partial charge is 0.497 e. The first kappa shape index (κ1) is 20.3. The summed E-state index contributed by atoms with van der Waals surface area (Å²) >= 11 is 0. The second-order valence-electron chi connectivity index (χ2n) is 7.65. The summed E-state index contributed by atoms with van der Waals surface area (Å²) in [6.45, 7) is 3.05. The number of hydrogen-bond donors (Lipinski definition) is 0. The second-order valence-corrected chi connectivity index (χ2v) is 7.65. The predicted molar refractivity (Wildman–Crippen MR) is 110 cm³/mol. The molecule has 0 spiro atoms. The maximum absolute atomic E-state index is 12.8. The van der Waals surface area contributed by atoms with Crippen LogP contribution in [-0.2, 0) is 27.3 Å². The van der Waals surface area contributed by atoms with Crippen molar-refractivity contribution in [1.29, 1.82) is 0 Å². The summed E-state index contributed by atoms with van der Waals surface area (Å²) < 4.78 is 10.2. The molecule has 4 rings (SSSR count). The molecule has 0 unspecified atom stereocenters. The molecule has 8 nitrogen and oxygen atoms in total. The van der Waals surface area contributed by atoms with Crippen LogP contribution in [0.3, 0.4) is 0 Å². The minimum atomic E-state index is -0.185. The van der Waals surface area contributed by atoms with Crippen LogP contribution in [0.15, 0.2) is 24.3 Å². The second kappa shape index (κ2) is 8.39. The number of aryl methyl sites for hydroxylation is 1. The molecule has 1 aromatic carbocycles. The summed E-state index contributed by atoms with van der Waals surface area (Å²) in [6, 6.07) is 7.47. The van der Waals surface area contributed by atoms with E-state index in [0.717, 1.165) is 35.4 Å². The number of fused-ring (bicyclic) bond motifs is 1. The fourth-order valence-corrected chi connectivity index (χ4v) is 4.16. The molecule has 158 valence electrons. The Morgan fingerprint density at radius 2 is 1.97 bits per heavy atom. The van der Waals surface area contributed by atoms with Crippen LogP contribution in [0, 0.1) is 6.92 Å². The lowest BCUT2D eigenvalue weighted by atomic mass is 10.1. The van der Waals surface area contributed by atoms with E-state index in [2.05, 4.69) is 4.98 Å². The monoisotopic (exact) mass is 410 g/mol. The minimum absolute atomic E-state index is 0.00843. The Kier molecular flexibility index (Phi) is 5.67.